The molecule has 1 fully saturated rings. The van der Waals surface area contributed by atoms with Gasteiger partial charge < -0.3 is 8.97 Å². The van der Waals surface area contributed by atoms with Crippen LogP contribution in [0.25, 0.3) is 16.9 Å². The Kier molecular flexibility index (Phi) is 3.74. The topological polar surface area (TPSA) is 35.1 Å². The Balaban J connectivity index is 1.69. The summed E-state index contributed by atoms with van der Waals surface area (Å²) >= 11 is 12.3. The second kappa shape index (κ2) is 5.80. The smallest absolute Gasteiger partial charge is 0.155 e. The van der Waals surface area contributed by atoms with Crippen molar-refractivity contribution in [1.29, 1.82) is 0 Å². The van der Waals surface area contributed by atoms with Crippen LogP contribution in [0.2, 0.25) is 5.02 Å². The van der Waals surface area contributed by atoms with Gasteiger partial charge in [0.15, 0.2) is 11.5 Å². The zero-order valence-corrected chi connectivity index (χ0v) is 14.5. The van der Waals surface area contributed by atoms with Crippen LogP contribution in [0.5, 0.6) is 0 Å². The van der Waals surface area contributed by atoms with Crippen LogP contribution >= 0.6 is 23.2 Å². The largest absolute Gasteiger partial charge is 0.306 e. The first kappa shape index (κ1) is 15.5. The molecule has 0 radical (unpaired) electrons. The highest BCUT2D eigenvalue weighted by atomic mass is 35.5. The first-order valence-electron chi connectivity index (χ1n) is 7.77. The van der Waals surface area contributed by atoms with Gasteiger partial charge in [-0.1, -0.05) is 36.4 Å². The molecule has 0 amide bonds. The maximum Gasteiger partial charge on any atom is 0.155 e. The van der Waals surface area contributed by atoms with E-state index in [1.165, 1.54) is 0 Å². The summed E-state index contributed by atoms with van der Waals surface area (Å²) in [5, 5.41) is 1.08. The number of fused-ring (bicyclic) bond motifs is 1. The lowest BCUT2D eigenvalue weighted by Gasteiger charge is -2.34. The number of nitrogens with zero attached hydrogens (tertiary/aromatic N) is 4. The molecule has 122 valence electrons. The molecule has 0 spiro atoms. The minimum Gasteiger partial charge on any atom is -0.306 e. The summed E-state index contributed by atoms with van der Waals surface area (Å²) in [6, 6.07) is 3.78. The lowest BCUT2D eigenvalue weighted by Crippen LogP contribution is -2.22. The van der Waals surface area contributed by atoms with E-state index in [0.717, 1.165) is 29.9 Å². The Morgan fingerprint density at radius 2 is 1.92 bits per heavy atom. The highest BCUT2D eigenvalue weighted by Gasteiger charge is 2.37. The predicted molar refractivity (Wildman–Crippen MR) is 98.4 cm³/mol. The van der Waals surface area contributed by atoms with Gasteiger partial charge in [-0.2, -0.15) is 0 Å². The summed E-state index contributed by atoms with van der Waals surface area (Å²) in [6.07, 6.45) is 9.86. The molecule has 1 aliphatic carbocycles. The van der Waals surface area contributed by atoms with Gasteiger partial charge in [0.25, 0.3) is 0 Å². The third-order valence-corrected chi connectivity index (χ3v) is 5.14. The van der Waals surface area contributed by atoms with Crippen molar-refractivity contribution in [2.75, 3.05) is 0 Å². The van der Waals surface area contributed by atoms with Crippen molar-refractivity contribution in [3.63, 3.8) is 0 Å². The molecule has 0 aromatic carbocycles. The number of halogens is 2. The van der Waals surface area contributed by atoms with Crippen LogP contribution in [-0.2, 0) is 0 Å². The highest BCUT2D eigenvalue weighted by Crippen LogP contribution is 2.48. The monoisotopic (exact) mass is 358 g/mol. The highest BCUT2D eigenvalue weighted by molar-refractivity contribution is 6.47. The lowest BCUT2D eigenvalue weighted by molar-refractivity contribution is 0.335. The van der Waals surface area contributed by atoms with Gasteiger partial charge in [-0.05, 0) is 25.0 Å². The average molecular weight is 359 g/mol. The molecule has 0 aliphatic heterocycles. The molecular weight excluding hydrogens is 343 g/mol. The van der Waals surface area contributed by atoms with Gasteiger partial charge in [0.2, 0.25) is 0 Å². The first-order valence-corrected chi connectivity index (χ1v) is 8.53. The normalized spacial score (nSPS) is 20.1. The van der Waals surface area contributed by atoms with Crippen LogP contribution in [-0.4, -0.2) is 18.9 Å². The van der Waals surface area contributed by atoms with Gasteiger partial charge in [-0.3, -0.25) is 0 Å². The van der Waals surface area contributed by atoms with Crippen LogP contribution in [0.15, 0.2) is 43.9 Å². The molecule has 4 rings (SSSR count). The molecule has 3 aromatic heterocycles. The van der Waals surface area contributed by atoms with E-state index in [2.05, 4.69) is 24.3 Å². The lowest BCUT2D eigenvalue weighted by atomic mass is 9.70. The van der Waals surface area contributed by atoms with Crippen molar-refractivity contribution in [2.24, 2.45) is 0 Å². The second-order valence-corrected chi connectivity index (χ2v) is 6.89. The van der Waals surface area contributed by atoms with Crippen molar-refractivity contribution in [3.8, 4) is 0 Å². The van der Waals surface area contributed by atoms with E-state index in [9.17, 15) is 0 Å². The quantitative estimate of drug-likeness (QED) is 0.645. The van der Waals surface area contributed by atoms with Gasteiger partial charge in [0, 0.05) is 36.6 Å². The molecule has 1 saturated carbocycles. The maximum atomic E-state index is 6.23. The Morgan fingerprint density at radius 3 is 2.46 bits per heavy atom. The fourth-order valence-electron chi connectivity index (χ4n) is 3.32. The van der Waals surface area contributed by atoms with Gasteiger partial charge in [-0.25, -0.2) is 9.97 Å². The molecular formula is C18H16Cl2N4. The van der Waals surface area contributed by atoms with E-state index >= 15 is 0 Å². The van der Waals surface area contributed by atoms with E-state index < -0.39 is 0 Å². The second-order valence-electron chi connectivity index (χ2n) is 6.03. The summed E-state index contributed by atoms with van der Waals surface area (Å²) in [7, 11) is 0. The zero-order chi connectivity index (χ0) is 16.8. The molecule has 4 nitrogen and oxygen atoms in total. The number of hydrogen-bond donors (Lipinski definition) is 0. The molecule has 3 aromatic rings. The summed E-state index contributed by atoms with van der Waals surface area (Å²) in [5.74, 6) is 1.31. The fraction of sp³-hybridized carbons (Fsp3) is 0.222. The Hall–Kier alpha value is -2.04. The van der Waals surface area contributed by atoms with Crippen LogP contribution in [0.1, 0.15) is 41.9 Å². The van der Waals surface area contributed by atoms with Crippen LogP contribution < -0.4 is 0 Å². The molecule has 0 saturated heterocycles. The molecule has 0 bridgehead atoms. The number of imidazole rings is 2. The minimum absolute atomic E-state index is 0.324. The molecule has 2 atom stereocenters. The maximum absolute atomic E-state index is 6.23. The van der Waals surface area contributed by atoms with Crippen molar-refractivity contribution in [3.05, 3.63) is 66.1 Å². The number of aromatic nitrogens is 4. The Bertz CT molecular complexity index is 953. The average Bonchev–Trinajstić information content (AvgIpc) is 3.11. The molecule has 6 heteroatoms. The summed E-state index contributed by atoms with van der Waals surface area (Å²) in [5.41, 5.74) is 2.86. The standard InChI is InChI=1S/C18H16Cl2N4/c1-3-23-9-15(21-17(23)11(2)19)12-6-7-13(12)16-10-24-8-4-5-14(20)18(24)22-16/h3-5,8-10,12-13H,1-2,6-7H2. The number of pyridine rings is 1. The van der Waals surface area contributed by atoms with Gasteiger partial charge in [0.1, 0.15) is 0 Å². The van der Waals surface area contributed by atoms with Crippen LogP contribution in [0.4, 0.5) is 0 Å². The fourth-order valence-corrected chi connectivity index (χ4v) is 3.67. The predicted octanol–water partition coefficient (Wildman–Crippen LogP) is 5.16. The SMILES string of the molecule is C=Cn1cc(C2CCC2c2cn3cccc(Cl)c3n2)nc1C(=C)Cl. The molecule has 0 N–H and O–H groups in total. The van der Waals surface area contributed by atoms with E-state index in [1.54, 1.807) is 6.20 Å². The Labute approximate surface area is 150 Å². The summed E-state index contributed by atoms with van der Waals surface area (Å²) in [6.45, 7) is 7.57. The van der Waals surface area contributed by atoms with Gasteiger partial charge in [0.05, 0.1) is 21.4 Å². The van der Waals surface area contributed by atoms with E-state index in [-0.39, 0.29) is 0 Å². The van der Waals surface area contributed by atoms with Crippen LogP contribution in [0, 0.1) is 0 Å². The number of hydrogen-bond acceptors (Lipinski definition) is 2. The third-order valence-electron chi connectivity index (χ3n) is 4.68. The zero-order valence-electron chi connectivity index (χ0n) is 13.0. The summed E-state index contributed by atoms with van der Waals surface area (Å²) in [4.78, 5) is 9.38. The van der Waals surface area contributed by atoms with E-state index in [0.29, 0.717) is 27.7 Å². The van der Waals surface area contributed by atoms with Crippen molar-refractivity contribution in [1.82, 2.24) is 18.9 Å². The molecule has 24 heavy (non-hydrogen) atoms. The van der Waals surface area contributed by atoms with Crippen molar-refractivity contribution in [2.45, 2.75) is 24.7 Å². The van der Waals surface area contributed by atoms with Gasteiger partial charge in [-0.15, -0.1) is 0 Å². The minimum atomic E-state index is 0.324. The first-order chi connectivity index (χ1) is 11.6. The van der Waals surface area contributed by atoms with Crippen molar-refractivity contribution < 1.29 is 0 Å². The van der Waals surface area contributed by atoms with E-state index in [1.807, 2.05) is 33.5 Å². The molecule has 3 heterocycles. The van der Waals surface area contributed by atoms with Crippen molar-refractivity contribution >= 4 is 40.1 Å². The molecule has 1 aliphatic rings. The Morgan fingerprint density at radius 1 is 1.21 bits per heavy atom. The molecule has 2 unspecified atom stereocenters. The summed E-state index contributed by atoms with van der Waals surface area (Å²) < 4.78 is 3.79. The third kappa shape index (κ3) is 2.38. The van der Waals surface area contributed by atoms with Crippen LogP contribution in [0.3, 0.4) is 0 Å². The van der Waals surface area contributed by atoms with E-state index in [4.69, 9.17) is 28.2 Å². The van der Waals surface area contributed by atoms with Gasteiger partial charge >= 0.3 is 0 Å². The number of rotatable bonds is 4.